The number of benzene rings is 1. The molecule has 0 fully saturated rings. The van der Waals surface area contributed by atoms with Crippen LogP contribution >= 0.6 is 23.2 Å². The minimum absolute atomic E-state index is 0.348. The van der Waals surface area contributed by atoms with E-state index in [1.165, 1.54) is 12.3 Å². The highest BCUT2D eigenvalue weighted by Gasteiger charge is 2.16. The molecule has 0 aliphatic carbocycles. The van der Waals surface area contributed by atoms with Gasteiger partial charge in [0.25, 0.3) is 0 Å². The van der Waals surface area contributed by atoms with Gasteiger partial charge in [0.1, 0.15) is 5.69 Å². The number of imidazole rings is 1. The van der Waals surface area contributed by atoms with Crippen molar-refractivity contribution in [2.24, 2.45) is 7.05 Å². The molecule has 0 spiro atoms. The third kappa shape index (κ3) is 3.09. The number of aliphatic hydroxyl groups is 2. The van der Waals surface area contributed by atoms with Crippen LogP contribution in [0.2, 0.25) is 10.0 Å². The molecule has 0 amide bonds. The Hall–Kier alpha value is -1.92. The molecule has 0 aliphatic heterocycles. The molecule has 0 saturated carbocycles. The lowest BCUT2D eigenvalue weighted by Gasteiger charge is -2.09. The second-order valence-electron chi connectivity index (χ2n) is 5.03. The van der Waals surface area contributed by atoms with E-state index in [0.717, 1.165) is 11.3 Å². The molecule has 2 aromatic heterocycles. The Morgan fingerprint density at radius 1 is 1.04 bits per heavy atom. The molecule has 7 heteroatoms. The summed E-state index contributed by atoms with van der Waals surface area (Å²) >= 11 is 12.1. The van der Waals surface area contributed by atoms with Gasteiger partial charge in [-0.3, -0.25) is 4.98 Å². The SMILES string of the molecule is Cn1cnc(-c2cc(C(O)O)ccn2)c1-c1ccc(Cl)c(Cl)c1. The van der Waals surface area contributed by atoms with E-state index in [2.05, 4.69) is 9.97 Å². The Morgan fingerprint density at radius 3 is 2.52 bits per heavy atom. The van der Waals surface area contributed by atoms with Crippen LogP contribution in [0.15, 0.2) is 42.9 Å². The van der Waals surface area contributed by atoms with E-state index in [0.29, 0.717) is 27.0 Å². The summed E-state index contributed by atoms with van der Waals surface area (Å²) in [7, 11) is 1.86. The molecule has 118 valence electrons. The lowest BCUT2D eigenvalue weighted by atomic mass is 10.1. The van der Waals surface area contributed by atoms with Crippen LogP contribution in [-0.2, 0) is 7.05 Å². The van der Waals surface area contributed by atoms with E-state index in [1.807, 2.05) is 17.7 Å². The predicted octanol–water partition coefficient (Wildman–Crippen LogP) is 3.44. The molecule has 2 heterocycles. The molecule has 1 aromatic carbocycles. The summed E-state index contributed by atoms with van der Waals surface area (Å²) in [6.45, 7) is 0. The third-order valence-electron chi connectivity index (χ3n) is 3.45. The molecule has 23 heavy (non-hydrogen) atoms. The fourth-order valence-corrected chi connectivity index (χ4v) is 2.64. The monoisotopic (exact) mass is 349 g/mol. The lowest BCUT2D eigenvalue weighted by Crippen LogP contribution is -1.97. The topological polar surface area (TPSA) is 71.2 Å². The van der Waals surface area contributed by atoms with Crippen LogP contribution in [-0.4, -0.2) is 24.7 Å². The van der Waals surface area contributed by atoms with Gasteiger partial charge in [-0.1, -0.05) is 29.3 Å². The first-order valence-corrected chi connectivity index (χ1v) is 7.52. The van der Waals surface area contributed by atoms with Crippen molar-refractivity contribution in [3.8, 4) is 22.6 Å². The van der Waals surface area contributed by atoms with Crippen molar-refractivity contribution in [3.63, 3.8) is 0 Å². The first kappa shape index (κ1) is 16.0. The zero-order valence-corrected chi connectivity index (χ0v) is 13.6. The standard InChI is InChI=1S/C16H13Cl2N3O2/c1-21-8-20-14(13-7-10(16(22)23)4-5-19-13)15(21)9-2-3-11(17)12(18)6-9/h2-8,16,22-23H,1H3. The zero-order chi connectivity index (χ0) is 16.6. The molecule has 0 atom stereocenters. The van der Waals surface area contributed by atoms with Crippen molar-refractivity contribution < 1.29 is 10.2 Å². The van der Waals surface area contributed by atoms with Gasteiger partial charge in [0.2, 0.25) is 0 Å². The van der Waals surface area contributed by atoms with Crippen LogP contribution in [0.5, 0.6) is 0 Å². The molecule has 5 nitrogen and oxygen atoms in total. The van der Waals surface area contributed by atoms with Gasteiger partial charge in [-0.05, 0) is 24.3 Å². The van der Waals surface area contributed by atoms with Crippen LogP contribution in [0.1, 0.15) is 11.9 Å². The number of aryl methyl sites for hydroxylation is 1. The van der Waals surface area contributed by atoms with Gasteiger partial charge in [0.05, 0.1) is 27.8 Å². The molecule has 3 aromatic rings. The van der Waals surface area contributed by atoms with Crippen molar-refractivity contribution in [1.29, 1.82) is 0 Å². The van der Waals surface area contributed by atoms with Crippen LogP contribution < -0.4 is 0 Å². The Bertz CT molecular complexity index is 862. The van der Waals surface area contributed by atoms with Gasteiger partial charge >= 0.3 is 0 Å². The molecule has 3 rings (SSSR count). The molecular formula is C16H13Cl2N3O2. The summed E-state index contributed by atoms with van der Waals surface area (Å²) in [5, 5.41) is 19.6. The molecule has 0 aliphatic rings. The molecule has 2 N–H and O–H groups in total. The molecule has 0 radical (unpaired) electrons. The minimum Gasteiger partial charge on any atom is -0.364 e. The second kappa shape index (κ2) is 6.29. The van der Waals surface area contributed by atoms with E-state index < -0.39 is 6.29 Å². The lowest BCUT2D eigenvalue weighted by molar-refractivity contribution is -0.0425. The summed E-state index contributed by atoms with van der Waals surface area (Å²) in [4.78, 5) is 8.65. The van der Waals surface area contributed by atoms with Crippen molar-refractivity contribution in [2.75, 3.05) is 0 Å². The molecule has 0 saturated heterocycles. The maximum Gasteiger partial charge on any atom is 0.178 e. The van der Waals surface area contributed by atoms with Gasteiger partial charge in [-0.15, -0.1) is 0 Å². The van der Waals surface area contributed by atoms with Crippen molar-refractivity contribution in [2.45, 2.75) is 6.29 Å². The quantitative estimate of drug-likeness (QED) is 0.710. The van der Waals surface area contributed by atoms with Crippen LogP contribution in [0, 0.1) is 0 Å². The normalized spacial score (nSPS) is 11.2. The highest BCUT2D eigenvalue weighted by molar-refractivity contribution is 6.42. The maximum atomic E-state index is 9.32. The minimum atomic E-state index is -1.56. The van der Waals surface area contributed by atoms with Gasteiger partial charge in [-0.25, -0.2) is 4.98 Å². The van der Waals surface area contributed by atoms with Crippen LogP contribution in [0.3, 0.4) is 0 Å². The average molecular weight is 350 g/mol. The van der Waals surface area contributed by atoms with Crippen molar-refractivity contribution in [3.05, 3.63) is 58.5 Å². The number of rotatable bonds is 3. The largest absolute Gasteiger partial charge is 0.364 e. The smallest absolute Gasteiger partial charge is 0.178 e. The number of aliphatic hydroxyl groups excluding tert-OH is 1. The van der Waals surface area contributed by atoms with E-state index in [4.69, 9.17) is 23.2 Å². The third-order valence-corrected chi connectivity index (χ3v) is 4.19. The summed E-state index contributed by atoms with van der Waals surface area (Å²) < 4.78 is 1.85. The van der Waals surface area contributed by atoms with Crippen LogP contribution in [0.4, 0.5) is 0 Å². The average Bonchev–Trinajstić information content (AvgIpc) is 2.92. The highest BCUT2D eigenvalue weighted by Crippen LogP contribution is 2.33. The summed E-state index contributed by atoms with van der Waals surface area (Å²) in [6.07, 6.45) is 1.61. The number of nitrogens with zero attached hydrogens (tertiary/aromatic N) is 3. The fraction of sp³-hybridized carbons (Fsp3) is 0.125. The number of halogens is 2. The van der Waals surface area contributed by atoms with Gasteiger partial charge in [0, 0.05) is 24.4 Å². The van der Waals surface area contributed by atoms with Crippen LogP contribution in [0.25, 0.3) is 22.6 Å². The fourth-order valence-electron chi connectivity index (χ4n) is 2.34. The maximum absolute atomic E-state index is 9.32. The second-order valence-corrected chi connectivity index (χ2v) is 5.84. The Kier molecular flexibility index (Phi) is 4.37. The first-order chi connectivity index (χ1) is 11.0. The van der Waals surface area contributed by atoms with Gasteiger partial charge in [0.15, 0.2) is 6.29 Å². The molecule has 0 bridgehead atoms. The Labute approximate surface area is 142 Å². The summed E-state index contributed by atoms with van der Waals surface area (Å²) in [5.74, 6) is 0. The van der Waals surface area contributed by atoms with Gasteiger partial charge < -0.3 is 14.8 Å². The predicted molar refractivity (Wildman–Crippen MR) is 89.1 cm³/mol. The number of aromatic nitrogens is 3. The van der Waals surface area contributed by atoms with Crippen molar-refractivity contribution >= 4 is 23.2 Å². The Morgan fingerprint density at radius 2 is 1.83 bits per heavy atom. The van der Waals surface area contributed by atoms with E-state index in [9.17, 15) is 10.2 Å². The first-order valence-electron chi connectivity index (χ1n) is 6.76. The molecule has 0 unspecified atom stereocenters. The van der Waals surface area contributed by atoms with Gasteiger partial charge in [-0.2, -0.15) is 0 Å². The summed E-state index contributed by atoms with van der Waals surface area (Å²) in [5.41, 5.74) is 3.15. The number of hydrogen-bond donors (Lipinski definition) is 2. The summed E-state index contributed by atoms with van der Waals surface area (Å²) in [6, 6.07) is 8.45. The van der Waals surface area contributed by atoms with Crippen molar-refractivity contribution in [1.82, 2.24) is 14.5 Å². The van der Waals surface area contributed by atoms with E-state index in [1.54, 1.807) is 24.5 Å². The number of pyridine rings is 1. The zero-order valence-electron chi connectivity index (χ0n) is 12.1. The number of hydrogen-bond acceptors (Lipinski definition) is 4. The van der Waals surface area contributed by atoms with E-state index >= 15 is 0 Å². The molecular weight excluding hydrogens is 337 g/mol. The van der Waals surface area contributed by atoms with E-state index in [-0.39, 0.29) is 0 Å². The Balaban J connectivity index is 2.15. The highest BCUT2D eigenvalue weighted by atomic mass is 35.5.